The number of hydrogen-bond donors (Lipinski definition) is 1. The Morgan fingerprint density at radius 1 is 1.15 bits per heavy atom. The fourth-order valence-electron chi connectivity index (χ4n) is 2.75. The fraction of sp³-hybridized carbons (Fsp3) is 0.667. The lowest BCUT2D eigenvalue weighted by atomic mass is 9.99. The van der Waals surface area contributed by atoms with Crippen LogP contribution < -0.4 is 5.73 Å². The molecule has 1 aromatic rings. The second-order valence-corrected chi connectivity index (χ2v) is 6.63. The van der Waals surface area contributed by atoms with Crippen LogP contribution in [0.4, 0.5) is 0 Å². The van der Waals surface area contributed by atoms with Crippen molar-refractivity contribution in [1.82, 2.24) is 4.90 Å². The minimum atomic E-state index is 0.140. The Balaban J connectivity index is 1.92. The molecule has 2 N–H and O–H groups in total. The van der Waals surface area contributed by atoms with Crippen molar-refractivity contribution in [1.29, 1.82) is 0 Å². The smallest absolute Gasteiger partial charge is 0.0424 e. The standard InChI is InChI=1S/C18H30N2/c1-4-11-20(12-15-5-6-15)13-18(19)17-9-7-16(8-10-17)14(2)3/h7-10,14-15,18H,4-6,11-13,19H2,1-3H3. The van der Waals surface area contributed by atoms with E-state index in [1.807, 2.05) is 0 Å². The quantitative estimate of drug-likeness (QED) is 0.778. The third-order valence-electron chi connectivity index (χ3n) is 4.24. The highest BCUT2D eigenvalue weighted by atomic mass is 15.1. The second kappa shape index (κ2) is 7.24. The summed E-state index contributed by atoms with van der Waals surface area (Å²) < 4.78 is 0. The molecular weight excluding hydrogens is 244 g/mol. The minimum absolute atomic E-state index is 0.140. The average Bonchev–Trinajstić information content (AvgIpc) is 3.23. The van der Waals surface area contributed by atoms with Gasteiger partial charge in [0.1, 0.15) is 0 Å². The summed E-state index contributed by atoms with van der Waals surface area (Å²) in [5.41, 5.74) is 9.07. The summed E-state index contributed by atoms with van der Waals surface area (Å²) in [7, 11) is 0. The van der Waals surface area contributed by atoms with Crippen LogP contribution in [0.1, 0.15) is 63.1 Å². The normalized spacial score (nSPS) is 16.9. The molecule has 112 valence electrons. The number of nitrogens with two attached hydrogens (primary N) is 1. The predicted octanol–water partition coefficient (Wildman–Crippen LogP) is 3.93. The predicted molar refractivity (Wildman–Crippen MR) is 86.9 cm³/mol. The molecule has 2 nitrogen and oxygen atoms in total. The molecule has 1 aromatic carbocycles. The van der Waals surface area contributed by atoms with Gasteiger partial charge in [-0.15, -0.1) is 0 Å². The monoisotopic (exact) mass is 274 g/mol. The fourth-order valence-corrected chi connectivity index (χ4v) is 2.75. The van der Waals surface area contributed by atoms with Crippen LogP contribution in [0.5, 0.6) is 0 Å². The Kier molecular flexibility index (Phi) is 5.62. The van der Waals surface area contributed by atoms with E-state index in [0.29, 0.717) is 5.92 Å². The Hall–Kier alpha value is -0.860. The molecule has 1 fully saturated rings. The Bertz CT molecular complexity index is 392. The summed E-state index contributed by atoms with van der Waals surface area (Å²) in [5.74, 6) is 1.53. The first-order chi connectivity index (χ1) is 9.60. The Labute approximate surface area is 124 Å². The van der Waals surface area contributed by atoms with E-state index in [1.165, 1.54) is 43.5 Å². The lowest BCUT2D eigenvalue weighted by Gasteiger charge is -2.25. The molecule has 1 aliphatic rings. The van der Waals surface area contributed by atoms with Gasteiger partial charge >= 0.3 is 0 Å². The molecule has 0 saturated heterocycles. The first kappa shape index (κ1) is 15.5. The van der Waals surface area contributed by atoms with Crippen LogP contribution >= 0.6 is 0 Å². The number of hydrogen-bond acceptors (Lipinski definition) is 2. The van der Waals surface area contributed by atoms with Crippen molar-refractivity contribution in [3.63, 3.8) is 0 Å². The zero-order valence-electron chi connectivity index (χ0n) is 13.3. The summed E-state index contributed by atoms with van der Waals surface area (Å²) in [5, 5.41) is 0. The van der Waals surface area contributed by atoms with E-state index in [-0.39, 0.29) is 6.04 Å². The highest BCUT2D eigenvalue weighted by Gasteiger charge is 2.24. The third kappa shape index (κ3) is 4.60. The highest BCUT2D eigenvalue weighted by Crippen LogP contribution is 2.30. The zero-order valence-corrected chi connectivity index (χ0v) is 13.3. The van der Waals surface area contributed by atoms with Gasteiger partial charge in [0.15, 0.2) is 0 Å². The van der Waals surface area contributed by atoms with Crippen LogP contribution in [-0.2, 0) is 0 Å². The lowest BCUT2D eigenvalue weighted by molar-refractivity contribution is 0.248. The van der Waals surface area contributed by atoms with E-state index in [4.69, 9.17) is 5.73 Å². The van der Waals surface area contributed by atoms with Crippen LogP contribution in [0.3, 0.4) is 0 Å². The van der Waals surface area contributed by atoms with Crippen LogP contribution in [0.2, 0.25) is 0 Å². The van der Waals surface area contributed by atoms with E-state index in [2.05, 4.69) is 49.9 Å². The first-order valence-electron chi connectivity index (χ1n) is 8.18. The van der Waals surface area contributed by atoms with E-state index < -0.39 is 0 Å². The van der Waals surface area contributed by atoms with Gasteiger partial charge in [-0.3, -0.25) is 0 Å². The number of nitrogens with zero attached hydrogens (tertiary/aromatic N) is 1. The highest BCUT2D eigenvalue weighted by molar-refractivity contribution is 5.26. The Morgan fingerprint density at radius 2 is 1.75 bits per heavy atom. The van der Waals surface area contributed by atoms with E-state index in [0.717, 1.165) is 12.5 Å². The maximum Gasteiger partial charge on any atom is 0.0424 e. The topological polar surface area (TPSA) is 29.3 Å². The molecule has 2 heteroatoms. The Morgan fingerprint density at radius 3 is 2.25 bits per heavy atom. The van der Waals surface area contributed by atoms with Crippen LogP contribution in [0, 0.1) is 5.92 Å². The van der Waals surface area contributed by atoms with Gasteiger partial charge in [0, 0.05) is 19.1 Å². The van der Waals surface area contributed by atoms with Gasteiger partial charge in [0.2, 0.25) is 0 Å². The van der Waals surface area contributed by atoms with Gasteiger partial charge in [-0.05, 0) is 48.8 Å². The van der Waals surface area contributed by atoms with E-state index in [9.17, 15) is 0 Å². The van der Waals surface area contributed by atoms with Crippen molar-refractivity contribution >= 4 is 0 Å². The average molecular weight is 274 g/mol. The molecule has 0 bridgehead atoms. The van der Waals surface area contributed by atoms with Crippen molar-refractivity contribution < 1.29 is 0 Å². The summed E-state index contributed by atoms with van der Waals surface area (Å²) in [6, 6.07) is 9.01. The molecule has 0 spiro atoms. The van der Waals surface area contributed by atoms with Crippen molar-refractivity contribution in [2.45, 2.75) is 52.0 Å². The minimum Gasteiger partial charge on any atom is -0.323 e. The van der Waals surface area contributed by atoms with Crippen LogP contribution in [0.15, 0.2) is 24.3 Å². The van der Waals surface area contributed by atoms with Gasteiger partial charge in [-0.2, -0.15) is 0 Å². The molecule has 0 amide bonds. The summed E-state index contributed by atoms with van der Waals surface area (Å²) in [6.45, 7) is 10.1. The van der Waals surface area contributed by atoms with Crippen molar-refractivity contribution in [2.75, 3.05) is 19.6 Å². The second-order valence-electron chi connectivity index (χ2n) is 6.63. The lowest BCUT2D eigenvalue weighted by Crippen LogP contribution is -2.34. The first-order valence-corrected chi connectivity index (χ1v) is 8.18. The molecule has 1 unspecified atom stereocenters. The van der Waals surface area contributed by atoms with Gasteiger partial charge < -0.3 is 10.6 Å². The van der Waals surface area contributed by atoms with E-state index in [1.54, 1.807) is 0 Å². The van der Waals surface area contributed by atoms with Crippen molar-refractivity contribution in [2.24, 2.45) is 11.7 Å². The maximum absolute atomic E-state index is 6.41. The molecule has 0 aliphatic heterocycles. The third-order valence-corrected chi connectivity index (χ3v) is 4.24. The van der Waals surface area contributed by atoms with Crippen molar-refractivity contribution in [3.05, 3.63) is 35.4 Å². The summed E-state index contributed by atoms with van der Waals surface area (Å²) >= 11 is 0. The summed E-state index contributed by atoms with van der Waals surface area (Å²) in [4.78, 5) is 2.55. The summed E-state index contributed by atoms with van der Waals surface area (Å²) in [6.07, 6.45) is 4.04. The van der Waals surface area contributed by atoms with Gasteiger partial charge in [-0.1, -0.05) is 45.0 Å². The molecule has 0 aromatic heterocycles. The molecular formula is C18H30N2. The van der Waals surface area contributed by atoms with Gasteiger partial charge in [0.25, 0.3) is 0 Å². The zero-order chi connectivity index (χ0) is 14.5. The van der Waals surface area contributed by atoms with Gasteiger partial charge in [-0.25, -0.2) is 0 Å². The van der Waals surface area contributed by atoms with Gasteiger partial charge in [0.05, 0.1) is 0 Å². The maximum atomic E-state index is 6.41. The molecule has 20 heavy (non-hydrogen) atoms. The van der Waals surface area contributed by atoms with Crippen LogP contribution in [-0.4, -0.2) is 24.5 Å². The number of rotatable bonds is 8. The largest absolute Gasteiger partial charge is 0.323 e. The molecule has 1 saturated carbocycles. The SMILES string of the molecule is CCCN(CC1CC1)CC(N)c1ccc(C(C)C)cc1. The number of benzene rings is 1. The van der Waals surface area contributed by atoms with Crippen molar-refractivity contribution in [3.8, 4) is 0 Å². The van der Waals surface area contributed by atoms with Crippen LogP contribution in [0.25, 0.3) is 0 Å². The molecule has 1 atom stereocenters. The van der Waals surface area contributed by atoms with E-state index >= 15 is 0 Å². The molecule has 2 rings (SSSR count). The molecule has 0 heterocycles. The molecule has 0 radical (unpaired) electrons. The molecule has 1 aliphatic carbocycles.